The van der Waals surface area contributed by atoms with Gasteiger partial charge in [-0.15, -0.1) is 0 Å². The monoisotopic (exact) mass is 327 g/mol. The quantitative estimate of drug-likeness (QED) is 0.670. The Morgan fingerprint density at radius 1 is 1.57 bits per heavy atom. The molecule has 1 aromatic carbocycles. The second kappa shape index (κ2) is 4.33. The third-order valence-electron chi connectivity index (χ3n) is 1.58. The summed E-state index contributed by atoms with van der Waals surface area (Å²) in [6.07, 6.45) is 0. The van der Waals surface area contributed by atoms with Gasteiger partial charge >= 0.3 is 5.69 Å². The fraction of sp³-hybridized carbons (Fsp3) is 0.143. The van der Waals surface area contributed by atoms with Gasteiger partial charge in [0.05, 0.1) is 11.5 Å². The maximum atomic E-state index is 13.1. The molecule has 0 aliphatic carbocycles. The lowest BCUT2D eigenvalue weighted by atomic mass is 10.2. The van der Waals surface area contributed by atoms with Gasteiger partial charge in [-0.1, -0.05) is 15.9 Å². The molecule has 0 saturated carbocycles. The van der Waals surface area contributed by atoms with Crippen LogP contribution in [0.5, 0.6) is 0 Å². The molecule has 0 spiro atoms. The van der Waals surface area contributed by atoms with Crippen molar-refractivity contribution in [2.75, 3.05) is 0 Å². The van der Waals surface area contributed by atoms with Gasteiger partial charge in [-0.25, -0.2) is 0 Å². The van der Waals surface area contributed by atoms with E-state index in [9.17, 15) is 14.5 Å². The van der Waals surface area contributed by atoms with E-state index in [-0.39, 0.29) is 14.5 Å². The Kier molecular flexibility index (Phi) is 3.57. The van der Waals surface area contributed by atoms with Crippen LogP contribution in [0.3, 0.4) is 0 Å². The average molecular weight is 329 g/mol. The van der Waals surface area contributed by atoms with Crippen LogP contribution in [-0.2, 0) is 6.61 Å². The van der Waals surface area contributed by atoms with Crippen molar-refractivity contribution in [2.24, 2.45) is 0 Å². The predicted octanol–water partition coefficient (Wildman–Crippen LogP) is 2.75. The SMILES string of the molecule is O=[N+]([O-])c1c(F)cc(Br)c(CO)c1Br. The lowest BCUT2D eigenvalue weighted by Gasteiger charge is -2.05. The maximum absolute atomic E-state index is 13.1. The Hall–Kier alpha value is -0.530. The Bertz CT molecular complexity index is 397. The Labute approximate surface area is 95.1 Å². The molecular formula is C7H4Br2FNO3. The van der Waals surface area contributed by atoms with Crippen LogP contribution in [0, 0.1) is 15.9 Å². The highest BCUT2D eigenvalue weighted by molar-refractivity contribution is 9.11. The normalized spacial score (nSPS) is 10.3. The van der Waals surface area contributed by atoms with Crippen molar-refractivity contribution in [3.8, 4) is 0 Å². The zero-order valence-electron chi connectivity index (χ0n) is 6.63. The molecule has 0 unspecified atom stereocenters. The summed E-state index contributed by atoms with van der Waals surface area (Å²) in [6, 6.07) is 0.953. The molecule has 1 rings (SSSR count). The van der Waals surface area contributed by atoms with Crippen molar-refractivity contribution in [3.63, 3.8) is 0 Å². The largest absolute Gasteiger partial charge is 0.392 e. The number of nitro groups is 1. The molecule has 0 fully saturated rings. The summed E-state index contributed by atoms with van der Waals surface area (Å²) in [6.45, 7) is -0.414. The minimum atomic E-state index is -0.953. The van der Waals surface area contributed by atoms with E-state index in [1.54, 1.807) is 0 Å². The molecule has 0 aliphatic rings. The van der Waals surface area contributed by atoms with Crippen LogP contribution in [0.2, 0.25) is 0 Å². The average Bonchev–Trinajstić information content (AvgIpc) is 2.02. The highest BCUT2D eigenvalue weighted by atomic mass is 79.9. The van der Waals surface area contributed by atoms with Crippen molar-refractivity contribution < 1.29 is 14.4 Å². The Morgan fingerprint density at radius 2 is 2.14 bits per heavy atom. The molecule has 0 radical (unpaired) electrons. The summed E-state index contributed by atoms with van der Waals surface area (Å²) in [5, 5.41) is 19.4. The van der Waals surface area contributed by atoms with Crippen LogP contribution < -0.4 is 0 Å². The zero-order valence-corrected chi connectivity index (χ0v) is 9.80. The molecule has 14 heavy (non-hydrogen) atoms. The summed E-state index contributed by atoms with van der Waals surface area (Å²) in [7, 11) is 0. The van der Waals surface area contributed by atoms with E-state index < -0.39 is 23.0 Å². The van der Waals surface area contributed by atoms with E-state index in [0.29, 0.717) is 0 Å². The second-order valence-corrected chi connectivity index (χ2v) is 4.04. The smallest absolute Gasteiger partial charge is 0.319 e. The van der Waals surface area contributed by atoms with Crippen molar-refractivity contribution in [2.45, 2.75) is 6.61 Å². The minimum absolute atomic E-state index is 0.0446. The van der Waals surface area contributed by atoms with Gasteiger partial charge in [0.2, 0.25) is 5.82 Å². The van der Waals surface area contributed by atoms with E-state index in [1.807, 2.05) is 0 Å². The van der Waals surface area contributed by atoms with Gasteiger partial charge in [0.15, 0.2) is 0 Å². The van der Waals surface area contributed by atoms with Gasteiger partial charge in [0.1, 0.15) is 4.47 Å². The van der Waals surface area contributed by atoms with E-state index in [4.69, 9.17) is 5.11 Å². The fourth-order valence-corrected chi connectivity index (χ4v) is 2.40. The first-order valence-electron chi connectivity index (χ1n) is 3.40. The summed E-state index contributed by atoms with van der Waals surface area (Å²) in [5.41, 5.74) is -0.421. The first kappa shape index (κ1) is 11.5. The lowest BCUT2D eigenvalue weighted by Crippen LogP contribution is -1.98. The number of nitrogens with zero attached hydrogens (tertiary/aromatic N) is 1. The number of nitro benzene ring substituents is 1. The van der Waals surface area contributed by atoms with Crippen LogP contribution in [0.25, 0.3) is 0 Å². The lowest BCUT2D eigenvalue weighted by molar-refractivity contribution is -0.388. The van der Waals surface area contributed by atoms with Crippen molar-refractivity contribution >= 4 is 37.5 Å². The molecule has 0 atom stereocenters. The first-order valence-corrected chi connectivity index (χ1v) is 4.99. The Balaban J connectivity index is 3.52. The van der Waals surface area contributed by atoms with Gasteiger partial charge in [-0.2, -0.15) is 4.39 Å². The standard InChI is InChI=1S/C7H4Br2FNO3/c8-4-1-5(10)7(11(13)14)6(9)3(4)2-12/h1,12H,2H2. The molecule has 0 bridgehead atoms. The molecular weight excluding hydrogens is 325 g/mol. The van der Waals surface area contributed by atoms with Gasteiger partial charge in [-0.05, 0) is 22.0 Å². The molecule has 1 N–H and O–H groups in total. The summed E-state index contributed by atoms with van der Waals surface area (Å²) in [4.78, 5) is 9.62. The number of halogens is 3. The molecule has 0 saturated heterocycles. The summed E-state index contributed by atoms with van der Waals surface area (Å²) < 4.78 is 13.3. The van der Waals surface area contributed by atoms with Crippen LogP contribution in [0.15, 0.2) is 15.0 Å². The van der Waals surface area contributed by atoms with Gasteiger partial charge in [-0.3, -0.25) is 10.1 Å². The fourth-order valence-electron chi connectivity index (χ4n) is 0.932. The van der Waals surface area contributed by atoms with E-state index in [0.717, 1.165) is 6.07 Å². The highest BCUT2D eigenvalue weighted by Gasteiger charge is 2.23. The van der Waals surface area contributed by atoms with Crippen LogP contribution in [0.4, 0.5) is 10.1 Å². The first-order chi connectivity index (χ1) is 6.49. The van der Waals surface area contributed by atoms with Crippen molar-refractivity contribution in [3.05, 3.63) is 36.5 Å². The van der Waals surface area contributed by atoms with Gasteiger partial charge in [0, 0.05) is 10.0 Å². The molecule has 0 amide bonds. The molecule has 7 heteroatoms. The zero-order chi connectivity index (χ0) is 10.9. The van der Waals surface area contributed by atoms with Crippen molar-refractivity contribution in [1.82, 2.24) is 0 Å². The molecule has 0 aliphatic heterocycles. The van der Waals surface area contributed by atoms with Gasteiger partial charge in [0.25, 0.3) is 0 Å². The van der Waals surface area contributed by atoms with Crippen LogP contribution in [0.1, 0.15) is 5.56 Å². The number of aliphatic hydroxyl groups excluding tert-OH is 1. The molecule has 4 nitrogen and oxygen atoms in total. The molecule has 76 valence electrons. The van der Waals surface area contributed by atoms with Crippen LogP contribution in [-0.4, -0.2) is 10.0 Å². The third kappa shape index (κ3) is 1.94. The minimum Gasteiger partial charge on any atom is -0.392 e. The number of aliphatic hydroxyl groups is 1. The van der Waals surface area contributed by atoms with Gasteiger partial charge < -0.3 is 5.11 Å². The number of hydrogen-bond acceptors (Lipinski definition) is 3. The molecule has 1 aromatic rings. The topological polar surface area (TPSA) is 63.4 Å². The molecule has 0 aromatic heterocycles. The summed E-state index contributed by atoms with van der Waals surface area (Å²) >= 11 is 5.86. The number of rotatable bonds is 2. The van der Waals surface area contributed by atoms with E-state index >= 15 is 0 Å². The van der Waals surface area contributed by atoms with E-state index in [2.05, 4.69) is 31.9 Å². The van der Waals surface area contributed by atoms with Crippen LogP contribution >= 0.6 is 31.9 Å². The van der Waals surface area contributed by atoms with Crippen molar-refractivity contribution in [1.29, 1.82) is 0 Å². The predicted molar refractivity (Wildman–Crippen MR) is 54.4 cm³/mol. The number of hydrogen-bond donors (Lipinski definition) is 1. The third-order valence-corrected chi connectivity index (χ3v) is 3.14. The second-order valence-electron chi connectivity index (χ2n) is 2.40. The molecule has 0 heterocycles. The highest BCUT2D eigenvalue weighted by Crippen LogP contribution is 2.35. The summed E-state index contributed by atoms with van der Waals surface area (Å²) in [5.74, 6) is -0.953. The maximum Gasteiger partial charge on any atom is 0.319 e. The van der Waals surface area contributed by atoms with E-state index in [1.165, 1.54) is 0 Å². The number of benzene rings is 1. The Morgan fingerprint density at radius 3 is 2.57 bits per heavy atom.